The van der Waals surface area contributed by atoms with Crippen molar-refractivity contribution in [3.63, 3.8) is 0 Å². The summed E-state index contributed by atoms with van der Waals surface area (Å²) < 4.78 is 0. The van der Waals surface area contributed by atoms with Crippen molar-refractivity contribution in [1.29, 1.82) is 0 Å². The second-order valence-corrected chi connectivity index (χ2v) is 8.54. The number of rotatable bonds is 3. The summed E-state index contributed by atoms with van der Waals surface area (Å²) in [6.45, 7) is 1.95. The number of nitrogens with one attached hydrogen (secondary N) is 1. The molecule has 1 amide bonds. The maximum absolute atomic E-state index is 13.0. The largest absolute Gasteiger partial charge is 0.338 e. The van der Waals surface area contributed by atoms with Crippen molar-refractivity contribution in [2.45, 2.75) is 50.7 Å². The predicted octanol–water partition coefficient (Wildman–Crippen LogP) is 3.54. The Labute approximate surface area is 144 Å². The molecule has 4 nitrogen and oxygen atoms in total. The molecule has 2 bridgehead atoms. The minimum absolute atomic E-state index is 0.133. The summed E-state index contributed by atoms with van der Waals surface area (Å²) in [4.78, 5) is 21.5. The third-order valence-corrected chi connectivity index (χ3v) is 7.22. The fourth-order valence-electron chi connectivity index (χ4n) is 3.77. The molecule has 2 fully saturated rings. The molecule has 2 aliphatic rings. The predicted molar refractivity (Wildman–Crippen MR) is 95.2 cm³/mol. The molecule has 0 aromatic carbocycles. The van der Waals surface area contributed by atoms with E-state index >= 15 is 0 Å². The average molecular weight is 348 g/mol. The van der Waals surface area contributed by atoms with Crippen LogP contribution in [0.3, 0.4) is 0 Å². The molecular weight excluding hydrogens is 326 g/mol. The van der Waals surface area contributed by atoms with Crippen molar-refractivity contribution in [3.05, 3.63) is 28.1 Å². The molecule has 2 unspecified atom stereocenters. The lowest BCUT2D eigenvalue weighted by molar-refractivity contribution is 0.0685. The molecule has 6 heteroatoms. The Hall–Kier alpha value is -1.24. The standard InChI is InChI=1S/C17H21N3OS2/c1-10-15(23-16(18-10)14-4-3-7-22-14)17(21)20(2)13-8-11-5-6-12(9-13)19-11/h3-4,7,11-13,19H,5-6,8-9H2,1-2H3. The van der Waals surface area contributed by atoms with Crippen molar-refractivity contribution in [2.75, 3.05) is 7.05 Å². The first-order valence-corrected chi connectivity index (χ1v) is 9.86. The van der Waals surface area contributed by atoms with Gasteiger partial charge in [-0.2, -0.15) is 0 Å². The first-order chi connectivity index (χ1) is 11.1. The number of carbonyl (C=O) groups is 1. The van der Waals surface area contributed by atoms with Gasteiger partial charge in [0.2, 0.25) is 0 Å². The van der Waals surface area contributed by atoms with Crippen LogP contribution in [0.1, 0.15) is 41.0 Å². The number of fused-ring (bicyclic) bond motifs is 2. The fourth-order valence-corrected chi connectivity index (χ4v) is 5.62. The molecule has 0 aliphatic carbocycles. The van der Waals surface area contributed by atoms with Crippen LogP contribution in [0.2, 0.25) is 0 Å². The Bertz CT molecular complexity index is 698. The summed E-state index contributed by atoms with van der Waals surface area (Å²) in [6.07, 6.45) is 4.67. The van der Waals surface area contributed by atoms with Gasteiger partial charge in [-0.05, 0) is 44.1 Å². The van der Waals surface area contributed by atoms with Crippen molar-refractivity contribution in [2.24, 2.45) is 0 Å². The number of aromatic nitrogens is 1. The van der Waals surface area contributed by atoms with E-state index < -0.39 is 0 Å². The van der Waals surface area contributed by atoms with Crippen LogP contribution in [-0.4, -0.2) is 41.0 Å². The van der Waals surface area contributed by atoms with Crippen molar-refractivity contribution >= 4 is 28.6 Å². The van der Waals surface area contributed by atoms with Gasteiger partial charge in [0, 0.05) is 25.2 Å². The molecule has 23 heavy (non-hydrogen) atoms. The number of nitrogens with zero attached hydrogens (tertiary/aromatic N) is 2. The van der Waals surface area contributed by atoms with Crippen molar-refractivity contribution < 1.29 is 4.79 Å². The highest BCUT2D eigenvalue weighted by atomic mass is 32.1. The van der Waals surface area contributed by atoms with E-state index in [4.69, 9.17) is 0 Å². The van der Waals surface area contributed by atoms with Crippen LogP contribution in [0.15, 0.2) is 17.5 Å². The quantitative estimate of drug-likeness (QED) is 0.924. The summed E-state index contributed by atoms with van der Waals surface area (Å²) in [5, 5.41) is 6.65. The number of thiazole rings is 1. The van der Waals surface area contributed by atoms with Gasteiger partial charge < -0.3 is 10.2 Å². The highest BCUT2D eigenvalue weighted by Gasteiger charge is 2.37. The SMILES string of the molecule is Cc1nc(-c2cccs2)sc1C(=O)N(C)C1CC2CCC(C1)N2. The van der Waals surface area contributed by atoms with Gasteiger partial charge in [0.25, 0.3) is 5.91 Å². The van der Waals surface area contributed by atoms with Gasteiger partial charge in [0.05, 0.1) is 10.6 Å². The summed E-state index contributed by atoms with van der Waals surface area (Å²) in [5.74, 6) is 0.133. The van der Waals surface area contributed by atoms with Crippen LogP contribution in [0.5, 0.6) is 0 Å². The number of thiophene rings is 1. The van der Waals surface area contributed by atoms with Gasteiger partial charge in [-0.3, -0.25) is 4.79 Å². The van der Waals surface area contributed by atoms with E-state index in [-0.39, 0.29) is 5.91 Å². The monoisotopic (exact) mass is 347 g/mol. The minimum atomic E-state index is 0.133. The van der Waals surface area contributed by atoms with Crippen LogP contribution in [0.4, 0.5) is 0 Å². The van der Waals surface area contributed by atoms with E-state index in [1.165, 1.54) is 24.2 Å². The summed E-state index contributed by atoms with van der Waals surface area (Å²) >= 11 is 3.20. The van der Waals surface area contributed by atoms with Crippen LogP contribution < -0.4 is 5.32 Å². The normalized spacial score (nSPS) is 26.4. The molecule has 2 aliphatic heterocycles. The number of aryl methyl sites for hydroxylation is 1. The second kappa shape index (κ2) is 6.00. The molecule has 1 N–H and O–H groups in total. The van der Waals surface area contributed by atoms with Gasteiger partial charge in [-0.1, -0.05) is 6.07 Å². The highest BCUT2D eigenvalue weighted by molar-refractivity contribution is 7.22. The molecule has 2 saturated heterocycles. The Morgan fingerprint density at radius 3 is 2.74 bits per heavy atom. The van der Waals surface area contributed by atoms with Gasteiger partial charge in [0.15, 0.2) is 0 Å². The van der Waals surface area contributed by atoms with Crippen LogP contribution in [-0.2, 0) is 0 Å². The zero-order valence-corrected chi connectivity index (χ0v) is 15.0. The lowest BCUT2D eigenvalue weighted by atomic mass is 9.98. The maximum atomic E-state index is 13.0. The van der Waals surface area contributed by atoms with Crippen LogP contribution in [0, 0.1) is 6.92 Å². The molecule has 4 rings (SSSR count). The first-order valence-electron chi connectivity index (χ1n) is 8.16. The van der Waals surface area contributed by atoms with E-state index in [1.54, 1.807) is 11.3 Å². The van der Waals surface area contributed by atoms with E-state index in [1.807, 2.05) is 30.3 Å². The number of hydrogen-bond donors (Lipinski definition) is 1. The fraction of sp³-hybridized carbons (Fsp3) is 0.529. The van der Waals surface area contributed by atoms with Gasteiger partial charge >= 0.3 is 0 Å². The van der Waals surface area contributed by atoms with Crippen molar-refractivity contribution in [1.82, 2.24) is 15.2 Å². The third kappa shape index (κ3) is 2.84. The van der Waals surface area contributed by atoms with E-state index in [9.17, 15) is 4.79 Å². The molecule has 122 valence electrons. The van der Waals surface area contributed by atoms with Crippen LogP contribution in [0.25, 0.3) is 9.88 Å². The van der Waals surface area contributed by atoms with Crippen molar-refractivity contribution in [3.8, 4) is 9.88 Å². The number of carbonyl (C=O) groups excluding carboxylic acids is 1. The first kappa shape index (κ1) is 15.3. The molecule has 2 atom stereocenters. The Morgan fingerprint density at radius 2 is 2.09 bits per heavy atom. The molecule has 4 heterocycles. The maximum Gasteiger partial charge on any atom is 0.265 e. The average Bonchev–Trinajstić information content (AvgIpc) is 3.26. The number of amides is 1. The second-order valence-electron chi connectivity index (χ2n) is 6.59. The highest BCUT2D eigenvalue weighted by Crippen LogP contribution is 2.34. The third-order valence-electron chi connectivity index (χ3n) is 5.04. The van der Waals surface area contributed by atoms with E-state index in [0.717, 1.165) is 33.3 Å². The zero-order valence-electron chi connectivity index (χ0n) is 13.4. The van der Waals surface area contributed by atoms with E-state index in [0.29, 0.717) is 18.1 Å². The molecule has 2 aromatic heterocycles. The smallest absolute Gasteiger partial charge is 0.265 e. The summed E-state index contributed by atoms with van der Waals surface area (Å²) in [5.41, 5.74) is 0.854. The Kier molecular flexibility index (Phi) is 3.99. The van der Waals surface area contributed by atoms with Gasteiger partial charge in [-0.25, -0.2) is 4.98 Å². The molecule has 0 spiro atoms. The minimum Gasteiger partial charge on any atom is -0.338 e. The van der Waals surface area contributed by atoms with Crippen LogP contribution >= 0.6 is 22.7 Å². The lowest BCUT2D eigenvalue weighted by Gasteiger charge is -2.35. The molecule has 0 radical (unpaired) electrons. The number of hydrogen-bond acceptors (Lipinski definition) is 5. The van der Waals surface area contributed by atoms with E-state index in [2.05, 4.69) is 16.4 Å². The Balaban J connectivity index is 1.54. The molecular formula is C17H21N3OS2. The number of piperidine rings is 1. The Morgan fingerprint density at radius 1 is 1.35 bits per heavy atom. The van der Waals surface area contributed by atoms with Gasteiger partial charge in [-0.15, -0.1) is 22.7 Å². The topological polar surface area (TPSA) is 45.2 Å². The summed E-state index contributed by atoms with van der Waals surface area (Å²) in [6, 6.07) is 5.63. The molecule has 0 saturated carbocycles. The zero-order chi connectivity index (χ0) is 16.0. The lowest BCUT2D eigenvalue weighted by Crippen LogP contribution is -2.48. The van der Waals surface area contributed by atoms with Gasteiger partial charge in [0.1, 0.15) is 9.88 Å². The molecule has 2 aromatic rings. The summed E-state index contributed by atoms with van der Waals surface area (Å²) in [7, 11) is 1.96.